The van der Waals surface area contributed by atoms with Crippen LogP contribution in [0.4, 0.5) is 0 Å². The third-order valence-corrected chi connectivity index (χ3v) is 3.77. The second kappa shape index (κ2) is 4.85. The molecule has 5 nitrogen and oxygen atoms in total. The lowest BCUT2D eigenvalue weighted by Gasteiger charge is -2.24. The third kappa shape index (κ3) is 2.85. The van der Waals surface area contributed by atoms with E-state index in [1.807, 2.05) is 11.8 Å². The summed E-state index contributed by atoms with van der Waals surface area (Å²) in [6, 6.07) is 0.0372. The molecule has 2 unspecified atom stereocenters. The number of carbonyl (C=O) groups excluding carboxylic acids is 2. The molecule has 0 aromatic rings. The number of hydrogen-bond donors (Lipinski definition) is 3. The summed E-state index contributed by atoms with van der Waals surface area (Å²) in [4.78, 5) is 22.6. The van der Waals surface area contributed by atoms with Gasteiger partial charge < -0.3 is 10.6 Å². The Balaban J connectivity index is 1.77. The summed E-state index contributed by atoms with van der Waals surface area (Å²) in [7, 11) is 0. The zero-order valence-electron chi connectivity index (χ0n) is 8.41. The maximum atomic E-state index is 11.7. The topological polar surface area (TPSA) is 70.2 Å². The van der Waals surface area contributed by atoms with Gasteiger partial charge in [0.2, 0.25) is 11.8 Å². The lowest BCUT2D eigenvalue weighted by Crippen LogP contribution is -2.59. The van der Waals surface area contributed by atoms with E-state index in [4.69, 9.17) is 0 Å². The molecule has 0 spiro atoms. The molecule has 2 aliphatic heterocycles. The first-order valence-electron chi connectivity index (χ1n) is 5.14. The Morgan fingerprint density at radius 1 is 1.53 bits per heavy atom. The molecule has 2 fully saturated rings. The molecule has 2 atom stereocenters. The van der Waals surface area contributed by atoms with Gasteiger partial charge in [-0.2, -0.15) is 11.8 Å². The van der Waals surface area contributed by atoms with Gasteiger partial charge in [-0.25, -0.2) is 0 Å². The van der Waals surface area contributed by atoms with Crippen molar-refractivity contribution in [3.8, 4) is 0 Å². The Hall–Kier alpha value is -0.750. The number of carbonyl (C=O) groups is 2. The predicted molar refractivity (Wildman–Crippen MR) is 58.7 cm³/mol. The first-order valence-corrected chi connectivity index (χ1v) is 6.29. The van der Waals surface area contributed by atoms with Gasteiger partial charge in [0.05, 0.1) is 6.54 Å². The van der Waals surface area contributed by atoms with Crippen LogP contribution in [0.5, 0.6) is 0 Å². The highest BCUT2D eigenvalue weighted by Gasteiger charge is 2.26. The fraction of sp³-hybridized carbons (Fsp3) is 0.778. The summed E-state index contributed by atoms with van der Waals surface area (Å²) in [6.45, 7) is 0.627. The molecule has 2 heterocycles. The summed E-state index contributed by atoms with van der Waals surface area (Å²) in [6.07, 6.45) is 1.05. The van der Waals surface area contributed by atoms with E-state index in [0.717, 1.165) is 17.9 Å². The first-order chi connectivity index (χ1) is 7.25. The van der Waals surface area contributed by atoms with Crippen molar-refractivity contribution < 1.29 is 9.59 Å². The van der Waals surface area contributed by atoms with Crippen molar-refractivity contribution in [3.63, 3.8) is 0 Å². The summed E-state index contributed by atoms with van der Waals surface area (Å²) < 4.78 is 0. The van der Waals surface area contributed by atoms with E-state index in [9.17, 15) is 9.59 Å². The molecule has 0 saturated carbocycles. The minimum Gasteiger partial charge on any atom is -0.353 e. The van der Waals surface area contributed by atoms with Crippen LogP contribution in [0.25, 0.3) is 0 Å². The zero-order valence-corrected chi connectivity index (χ0v) is 9.23. The Bertz CT molecular complexity index is 256. The molecule has 2 rings (SSSR count). The highest BCUT2D eigenvalue weighted by molar-refractivity contribution is 7.99. The van der Waals surface area contributed by atoms with E-state index >= 15 is 0 Å². The molecule has 2 aliphatic rings. The maximum absolute atomic E-state index is 11.7. The second-order valence-electron chi connectivity index (χ2n) is 3.81. The normalized spacial score (nSPS) is 31.1. The summed E-state index contributed by atoms with van der Waals surface area (Å²) in [5.74, 6) is 2.09. The van der Waals surface area contributed by atoms with E-state index in [0.29, 0.717) is 12.6 Å². The van der Waals surface area contributed by atoms with Gasteiger partial charge in [0.25, 0.3) is 0 Å². The number of amides is 2. The van der Waals surface area contributed by atoms with Crippen molar-refractivity contribution in [1.29, 1.82) is 0 Å². The van der Waals surface area contributed by atoms with Crippen LogP contribution in [0.3, 0.4) is 0 Å². The molecule has 3 N–H and O–H groups in total. The fourth-order valence-corrected chi connectivity index (χ4v) is 2.85. The Labute approximate surface area is 92.7 Å². The molecule has 2 saturated heterocycles. The number of rotatable bonds is 2. The average molecular weight is 229 g/mol. The lowest BCUT2D eigenvalue weighted by atomic mass is 10.2. The molecule has 15 heavy (non-hydrogen) atoms. The minimum atomic E-state index is -0.270. The van der Waals surface area contributed by atoms with E-state index in [2.05, 4.69) is 16.0 Å². The number of piperazine rings is 1. The molecular weight excluding hydrogens is 214 g/mol. The van der Waals surface area contributed by atoms with Gasteiger partial charge in [0, 0.05) is 18.3 Å². The van der Waals surface area contributed by atoms with Gasteiger partial charge in [-0.05, 0) is 12.2 Å². The number of nitrogens with one attached hydrogen (secondary N) is 3. The highest BCUT2D eigenvalue weighted by Crippen LogP contribution is 2.16. The van der Waals surface area contributed by atoms with Crippen LogP contribution < -0.4 is 16.0 Å². The number of thioether (sulfide) groups is 1. The Kier molecular flexibility index (Phi) is 3.48. The monoisotopic (exact) mass is 229 g/mol. The Morgan fingerprint density at radius 3 is 3.00 bits per heavy atom. The van der Waals surface area contributed by atoms with Crippen LogP contribution in [0.15, 0.2) is 0 Å². The quantitative estimate of drug-likeness (QED) is 0.550. The molecule has 0 aromatic heterocycles. The van der Waals surface area contributed by atoms with E-state index in [1.54, 1.807) is 0 Å². The smallest absolute Gasteiger partial charge is 0.239 e. The van der Waals surface area contributed by atoms with Gasteiger partial charge in [0.15, 0.2) is 0 Å². The third-order valence-electron chi connectivity index (χ3n) is 2.60. The lowest BCUT2D eigenvalue weighted by molar-refractivity contribution is -0.126. The van der Waals surface area contributed by atoms with Crippen LogP contribution in [0.2, 0.25) is 0 Å². The van der Waals surface area contributed by atoms with Gasteiger partial charge in [-0.15, -0.1) is 0 Å². The van der Waals surface area contributed by atoms with Crippen LogP contribution >= 0.6 is 11.8 Å². The first kappa shape index (κ1) is 10.8. The van der Waals surface area contributed by atoms with E-state index < -0.39 is 0 Å². The molecular formula is C9H15N3O2S. The van der Waals surface area contributed by atoms with Crippen LogP contribution in [-0.2, 0) is 9.59 Å². The van der Waals surface area contributed by atoms with E-state index in [-0.39, 0.29) is 24.4 Å². The van der Waals surface area contributed by atoms with Gasteiger partial charge >= 0.3 is 0 Å². The number of hydrogen-bond acceptors (Lipinski definition) is 4. The maximum Gasteiger partial charge on any atom is 0.239 e. The summed E-state index contributed by atoms with van der Waals surface area (Å²) in [5.41, 5.74) is 0. The summed E-state index contributed by atoms with van der Waals surface area (Å²) in [5, 5.41) is 8.57. The minimum absolute atomic E-state index is 0.00231. The second-order valence-corrected chi connectivity index (χ2v) is 4.96. The van der Waals surface area contributed by atoms with Crippen molar-refractivity contribution in [2.75, 3.05) is 24.6 Å². The molecule has 6 heteroatoms. The largest absolute Gasteiger partial charge is 0.353 e. The fourth-order valence-electron chi connectivity index (χ4n) is 1.70. The molecule has 0 radical (unpaired) electrons. The average Bonchev–Trinajstić information content (AvgIpc) is 2.71. The standard InChI is InChI=1S/C9H15N3O2S/c13-8-4-10-7(3-11-8)9(14)12-6-1-2-15-5-6/h6-7,10H,1-5H2,(H,11,13)(H,12,14). The predicted octanol–water partition coefficient (Wildman–Crippen LogP) is -1.30. The molecule has 0 aliphatic carbocycles. The highest BCUT2D eigenvalue weighted by atomic mass is 32.2. The van der Waals surface area contributed by atoms with Gasteiger partial charge in [-0.3, -0.25) is 14.9 Å². The van der Waals surface area contributed by atoms with Crippen molar-refractivity contribution >= 4 is 23.6 Å². The van der Waals surface area contributed by atoms with Crippen molar-refractivity contribution in [2.24, 2.45) is 0 Å². The van der Waals surface area contributed by atoms with Crippen molar-refractivity contribution in [3.05, 3.63) is 0 Å². The van der Waals surface area contributed by atoms with Crippen LogP contribution in [0.1, 0.15) is 6.42 Å². The van der Waals surface area contributed by atoms with Crippen LogP contribution in [-0.4, -0.2) is 48.5 Å². The SMILES string of the molecule is O=C1CNC(C(=O)NC2CCSC2)CN1. The van der Waals surface area contributed by atoms with Crippen molar-refractivity contribution in [2.45, 2.75) is 18.5 Å². The molecule has 2 amide bonds. The van der Waals surface area contributed by atoms with Crippen molar-refractivity contribution in [1.82, 2.24) is 16.0 Å². The Morgan fingerprint density at radius 2 is 2.40 bits per heavy atom. The van der Waals surface area contributed by atoms with Gasteiger partial charge in [0.1, 0.15) is 6.04 Å². The zero-order chi connectivity index (χ0) is 10.7. The molecule has 0 aromatic carbocycles. The molecule has 0 bridgehead atoms. The van der Waals surface area contributed by atoms with E-state index in [1.165, 1.54) is 0 Å². The molecule has 84 valence electrons. The summed E-state index contributed by atoms with van der Waals surface area (Å²) >= 11 is 1.87. The van der Waals surface area contributed by atoms with Crippen LogP contribution in [0, 0.1) is 0 Å². The van der Waals surface area contributed by atoms with Gasteiger partial charge in [-0.1, -0.05) is 0 Å².